The Hall–Kier alpha value is -2.09. The molecule has 1 aromatic carbocycles. The molecule has 0 aliphatic rings. The summed E-state index contributed by atoms with van der Waals surface area (Å²) in [6.45, 7) is 1.87. The van der Waals surface area contributed by atoms with Crippen LogP contribution in [0.5, 0.6) is 0 Å². The van der Waals surface area contributed by atoms with E-state index in [1.165, 1.54) is 31.2 Å². The third kappa shape index (κ3) is 3.70. The number of nitrogens with one attached hydrogen (secondary N) is 2. The number of hydrogen-bond donors (Lipinski definition) is 3. The molecule has 5 nitrogen and oxygen atoms in total. The first kappa shape index (κ1) is 16.0. The van der Waals surface area contributed by atoms with E-state index in [9.17, 15) is 22.8 Å². The van der Waals surface area contributed by atoms with Crippen LogP contribution in [-0.2, 0) is 9.59 Å². The Bertz CT molecular complexity index is 527. The summed E-state index contributed by atoms with van der Waals surface area (Å²) in [5, 5.41) is 4.51. The maximum atomic E-state index is 12.6. The lowest BCUT2D eigenvalue weighted by molar-refractivity contribution is -0.184. The van der Waals surface area contributed by atoms with Gasteiger partial charge in [-0.3, -0.25) is 9.59 Å². The first-order valence-electron chi connectivity index (χ1n) is 5.59. The van der Waals surface area contributed by atoms with Gasteiger partial charge >= 0.3 is 6.18 Å². The lowest BCUT2D eigenvalue weighted by atomic mass is 10.0. The predicted octanol–water partition coefficient (Wildman–Crippen LogP) is 1.86. The van der Waals surface area contributed by atoms with Gasteiger partial charge in [-0.25, -0.2) is 0 Å². The normalized spacial score (nSPS) is 14.3. The first-order chi connectivity index (χ1) is 9.04. The average Bonchev–Trinajstić information content (AvgIpc) is 2.26. The molecule has 20 heavy (non-hydrogen) atoms. The molecule has 0 saturated carbocycles. The molecule has 2 amide bonds. The van der Waals surface area contributed by atoms with Gasteiger partial charge < -0.3 is 16.4 Å². The molecular formula is C12H14F3N3O2. The highest BCUT2D eigenvalue weighted by molar-refractivity contribution is 5.99. The van der Waals surface area contributed by atoms with Gasteiger partial charge in [-0.15, -0.1) is 0 Å². The van der Waals surface area contributed by atoms with Crippen LogP contribution >= 0.6 is 0 Å². The summed E-state index contributed by atoms with van der Waals surface area (Å²) in [5.74, 6) is -1.72. The van der Waals surface area contributed by atoms with Crippen molar-refractivity contribution in [3.63, 3.8) is 0 Å². The first-order valence-corrected chi connectivity index (χ1v) is 5.59. The number of carbonyl (C=O) groups excluding carboxylic acids is 2. The summed E-state index contributed by atoms with van der Waals surface area (Å²) in [7, 11) is 0. The summed E-state index contributed by atoms with van der Waals surface area (Å²) in [6.07, 6.45) is -4.87. The molecule has 0 saturated heterocycles. The van der Waals surface area contributed by atoms with Crippen molar-refractivity contribution in [2.24, 2.45) is 5.73 Å². The fraction of sp³-hybridized carbons (Fsp3) is 0.333. The van der Waals surface area contributed by atoms with E-state index in [-0.39, 0.29) is 11.6 Å². The van der Waals surface area contributed by atoms with E-state index >= 15 is 0 Å². The van der Waals surface area contributed by atoms with Crippen molar-refractivity contribution < 1.29 is 22.8 Å². The van der Waals surface area contributed by atoms with Crippen molar-refractivity contribution in [2.75, 3.05) is 10.6 Å². The van der Waals surface area contributed by atoms with Gasteiger partial charge in [-0.2, -0.15) is 13.2 Å². The summed E-state index contributed by atoms with van der Waals surface area (Å²) < 4.78 is 37.8. The predicted molar refractivity (Wildman–Crippen MR) is 68.0 cm³/mol. The van der Waals surface area contributed by atoms with Gasteiger partial charge in [0.1, 0.15) is 0 Å². The van der Waals surface area contributed by atoms with Crippen molar-refractivity contribution in [1.29, 1.82) is 0 Å². The van der Waals surface area contributed by atoms with Crippen LogP contribution in [0, 0.1) is 0 Å². The van der Waals surface area contributed by atoms with Crippen LogP contribution < -0.4 is 16.4 Å². The van der Waals surface area contributed by atoms with Gasteiger partial charge in [0.25, 0.3) is 5.91 Å². The Kier molecular flexibility index (Phi) is 4.39. The van der Waals surface area contributed by atoms with Gasteiger partial charge in [0, 0.05) is 18.3 Å². The summed E-state index contributed by atoms with van der Waals surface area (Å²) >= 11 is 0. The minimum atomic E-state index is -4.87. The van der Waals surface area contributed by atoms with Crippen LogP contribution in [0.15, 0.2) is 24.3 Å². The molecule has 4 N–H and O–H groups in total. The summed E-state index contributed by atoms with van der Waals surface area (Å²) in [4.78, 5) is 22.4. The number of anilines is 2. The molecule has 0 bridgehead atoms. The van der Waals surface area contributed by atoms with E-state index in [1.807, 2.05) is 0 Å². The maximum absolute atomic E-state index is 12.6. The molecule has 0 aliphatic heterocycles. The molecule has 110 valence electrons. The van der Waals surface area contributed by atoms with Gasteiger partial charge in [0.15, 0.2) is 5.54 Å². The third-order valence-electron chi connectivity index (χ3n) is 2.50. The van der Waals surface area contributed by atoms with E-state index in [4.69, 9.17) is 5.73 Å². The Labute approximate surface area is 113 Å². The van der Waals surface area contributed by atoms with Gasteiger partial charge in [0.05, 0.1) is 0 Å². The molecule has 1 atom stereocenters. The number of nitrogens with two attached hydrogens (primary N) is 1. The van der Waals surface area contributed by atoms with Crippen LogP contribution in [0.1, 0.15) is 13.8 Å². The highest BCUT2D eigenvalue weighted by Gasteiger charge is 2.53. The average molecular weight is 289 g/mol. The molecule has 0 radical (unpaired) electrons. The second kappa shape index (κ2) is 5.49. The van der Waals surface area contributed by atoms with Crippen molar-refractivity contribution >= 4 is 23.2 Å². The molecular weight excluding hydrogens is 275 g/mol. The second-order valence-corrected chi connectivity index (χ2v) is 4.42. The minimum Gasteiger partial charge on any atom is -0.326 e. The van der Waals surface area contributed by atoms with Gasteiger partial charge in [0.2, 0.25) is 5.91 Å². The third-order valence-corrected chi connectivity index (χ3v) is 2.50. The van der Waals surface area contributed by atoms with Gasteiger partial charge in [-0.05, 0) is 25.1 Å². The van der Waals surface area contributed by atoms with Crippen LogP contribution in [0.3, 0.4) is 0 Å². The molecule has 0 heterocycles. The molecule has 1 aromatic rings. The lowest BCUT2D eigenvalue weighted by Gasteiger charge is -2.26. The molecule has 0 spiro atoms. The molecule has 1 rings (SSSR count). The summed E-state index contributed by atoms with van der Waals surface area (Å²) in [6, 6.07) is 5.71. The Morgan fingerprint density at radius 3 is 2.10 bits per heavy atom. The van der Waals surface area contributed by atoms with Crippen LogP contribution in [0.25, 0.3) is 0 Å². The summed E-state index contributed by atoms with van der Waals surface area (Å²) in [5.41, 5.74) is 2.44. The Morgan fingerprint density at radius 2 is 1.65 bits per heavy atom. The van der Waals surface area contributed by atoms with E-state index in [2.05, 4.69) is 10.6 Å². The molecule has 1 unspecified atom stereocenters. The zero-order chi connectivity index (χ0) is 15.6. The topological polar surface area (TPSA) is 84.2 Å². The molecule has 0 aromatic heterocycles. The van der Waals surface area contributed by atoms with Crippen LogP contribution in [-0.4, -0.2) is 23.5 Å². The highest BCUT2D eigenvalue weighted by Crippen LogP contribution is 2.29. The number of halogens is 3. The second-order valence-electron chi connectivity index (χ2n) is 4.42. The highest BCUT2D eigenvalue weighted by atomic mass is 19.4. The quantitative estimate of drug-likeness (QED) is 0.794. The van der Waals surface area contributed by atoms with Crippen molar-refractivity contribution in [3.05, 3.63) is 24.3 Å². The van der Waals surface area contributed by atoms with E-state index in [0.29, 0.717) is 12.6 Å². The molecule has 8 heteroatoms. The Morgan fingerprint density at radius 1 is 1.15 bits per heavy atom. The van der Waals surface area contributed by atoms with Crippen LogP contribution in [0.4, 0.5) is 24.5 Å². The number of hydrogen-bond acceptors (Lipinski definition) is 3. The van der Waals surface area contributed by atoms with Gasteiger partial charge in [-0.1, -0.05) is 6.07 Å². The Balaban J connectivity index is 2.89. The maximum Gasteiger partial charge on any atom is 0.415 e. The largest absolute Gasteiger partial charge is 0.415 e. The number of rotatable bonds is 3. The zero-order valence-corrected chi connectivity index (χ0v) is 10.8. The number of amides is 2. The molecule has 0 aliphatic carbocycles. The number of carbonyl (C=O) groups is 2. The fourth-order valence-electron chi connectivity index (χ4n) is 1.27. The van der Waals surface area contributed by atoms with Crippen molar-refractivity contribution in [3.8, 4) is 0 Å². The van der Waals surface area contributed by atoms with Crippen molar-refractivity contribution in [1.82, 2.24) is 0 Å². The smallest absolute Gasteiger partial charge is 0.326 e. The fourth-order valence-corrected chi connectivity index (χ4v) is 1.27. The minimum absolute atomic E-state index is 0.0992. The zero-order valence-electron chi connectivity index (χ0n) is 10.8. The lowest BCUT2D eigenvalue weighted by Crippen LogP contribution is -2.59. The number of alkyl halides is 3. The van der Waals surface area contributed by atoms with Crippen molar-refractivity contribution in [2.45, 2.75) is 25.6 Å². The SMILES string of the molecule is CC(=O)Nc1cccc(NC(=O)C(C)(N)C(F)(F)F)c1. The standard InChI is InChI=1S/C12H14F3N3O2/c1-7(19)17-8-4-3-5-9(6-8)18-10(20)11(2,16)12(13,14)15/h3-6H,16H2,1-2H3,(H,17,19)(H,18,20). The van der Waals surface area contributed by atoms with E-state index in [1.54, 1.807) is 0 Å². The number of benzene rings is 1. The van der Waals surface area contributed by atoms with E-state index in [0.717, 1.165) is 0 Å². The van der Waals surface area contributed by atoms with Crippen LogP contribution in [0.2, 0.25) is 0 Å². The monoisotopic (exact) mass is 289 g/mol. The molecule has 0 fully saturated rings. The van der Waals surface area contributed by atoms with E-state index < -0.39 is 17.6 Å².